The molecular weight excluding hydrogens is 274 g/mol. The number of halogens is 1. The normalized spacial score (nSPS) is 19.6. The summed E-state index contributed by atoms with van der Waals surface area (Å²) in [5.74, 6) is 0.665. The minimum absolute atomic E-state index is 0.0483. The van der Waals surface area contributed by atoms with Crippen molar-refractivity contribution in [3.63, 3.8) is 0 Å². The maximum Gasteiger partial charge on any atom is 0.220 e. The molecule has 2 rings (SSSR count). The summed E-state index contributed by atoms with van der Waals surface area (Å²) < 4.78 is 5.61. The van der Waals surface area contributed by atoms with Crippen molar-refractivity contribution in [2.75, 3.05) is 13.7 Å². The molecule has 1 saturated heterocycles. The number of methoxy groups -OCH3 is 1. The molecule has 0 aliphatic carbocycles. The van der Waals surface area contributed by atoms with Gasteiger partial charge in [0.1, 0.15) is 0 Å². The Morgan fingerprint density at radius 3 is 2.88 bits per heavy atom. The van der Waals surface area contributed by atoms with Gasteiger partial charge in [0.05, 0.1) is 11.6 Å². The van der Waals surface area contributed by atoms with E-state index in [1.54, 1.807) is 6.07 Å². The molecular formula is C11H12BrNO3. The van der Waals surface area contributed by atoms with E-state index in [0.29, 0.717) is 23.2 Å². The Morgan fingerprint density at radius 1 is 1.56 bits per heavy atom. The molecule has 1 amide bonds. The zero-order valence-electron chi connectivity index (χ0n) is 8.79. The van der Waals surface area contributed by atoms with Crippen molar-refractivity contribution in [3.8, 4) is 11.5 Å². The molecule has 0 spiro atoms. The molecule has 0 radical (unpaired) electrons. The van der Waals surface area contributed by atoms with Crippen molar-refractivity contribution in [2.45, 2.75) is 12.3 Å². The number of aromatic hydroxyl groups is 1. The number of nitrogens with one attached hydrogen (secondary N) is 1. The first-order valence-corrected chi connectivity index (χ1v) is 5.75. The monoisotopic (exact) mass is 285 g/mol. The van der Waals surface area contributed by atoms with Crippen LogP contribution in [0.15, 0.2) is 16.6 Å². The summed E-state index contributed by atoms with van der Waals surface area (Å²) in [4.78, 5) is 11.1. The Labute approximate surface area is 102 Å². The smallest absolute Gasteiger partial charge is 0.220 e. The summed E-state index contributed by atoms with van der Waals surface area (Å²) in [5.41, 5.74) is 0.927. The fraction of sp³-hybridized carbons (Fsp3) is 0.364. The SMILES string of the molecule is COc1ccc(C2CNC(=O)C2)c(Br)c1O. The summed E-state index contributed by atoms with van der Waals surface area (Å²) in [7, 11) is 1.50. The molecule has 2 N–H and O–H groups in total. The highest BCUT2D eigenvalue weighted by Crippen LogP contribution is 2.40. The first-order valence-electron chi connectivity index (χ1n) is 4.95. The highest BCUT2D eigenvalue weighted by molar-refractivity contribution is 9.10. The molecule has 86 valence electrons. The van der Waals surface area contributed by atoms with E-state index in [-0.39, 0.29) is 17.6 Å². The summed E-state index contributed by atoms with van der Waals surface area (Å²) in [6.45, 7) is 0.614. The molecule has 5 heteroatoms. The third kappa shape index (κ3) is 1.87. The van der Waals surface area contributed by atoms with Crippen LogP contribution in [0.1, 0.15) is 17.9 Å². The molecule has 0 aromatic heterocycles. The van der Waals surface area contributed by atoms with E-state index in [1.807, 2.05) is 6.07 Å². The molecule has 0 bridgehead atoms. The number of carbonyl (C=O) groups is 1. The van der Waals surface area contributed by atoms with Crippen molar-refractivity contribution >= 4 is 21.8 Å². The number of ether oxygens (including phenoxy) is 1. The molecule has 16 heavy (non-hydrogen) atoms. The molecule has 1 unspecified atom stereocenters. The van der Waals surface area contributed by atoms with Gasteiger partial charge in [0, 0.05) is 18.9 Å². The summed E-state index contributed by atoms with van der Waals surface area (Å²) in [6, 6.07) is 3.58. The zero-order chi connectivity index (χ0) is 11.7. The zero-order valence-corrected chi connectivity index (χ0v) is 10.4. The quantitative estimate of drug-likeness (QED) is 0.871. The molecule has 1 aromatic rings. The average Bonchev–Trinajstić information content (AvgIpc) is 2.69. The molecule has 1 atom stereocenters. The second kappa shape index (κ2) is 4.33. The largest absolute Gasteiger partial charge is 0.503 e. The van der Waals surface area contributed by atoms with E-state index < -0.39 is 0 Å². The molecule has 1 aliphatic rings. The van der Waals surface area contributed by atoms with Crippen LogP contribution in [0.4, 0.5) is 0 Å². The van der Waals surface area contributed by atoms with Crippen LogP contribution in [0, 0.1) is 0 Å². The van der Waals surface area contributed by atoms with Crippen LogP contribution in [0.3, 0.4) is 0 Å². The van der Waals surface area contributed by atoms with Gasteiger partial charge in [-0.1, -0.05) is 6.07 Å². The van der Waals surface area contributed by atoms with E-state index in [4.69, 9.17) is 4.74 Å². The number of phenolic OH excluding ortho intramolecular Hbond substituents is 1. The Bertz CT molecular complexity index is 433. The van der Waals surface area contributed by atoms with Gasteiger partial charge in [-0.3, -0.25) is 4.79 Å². The summed E-state index contributed by atoms with van der Waals surface area (Å²) in [6.07, 6.45) is 0.463. The lowest BCUT2D eigenvalue weighted by Gasteiger charge is -2.13. The van der Waals surface area contributed by atoms with Gasteiger partial charge in [-0.25, -0.2) is 0 Å². The van der Waals surface area contributed by atoms with Crippen LogP contribution >= 0.6 is 15.9 Å². The highest BCUT2D eigenvalue weighted by atomic mass is 79.9. The van der Waals surface area contributed by atoms with Crippen molar-refractivity contribution in [1.82, 2.24) is 5.32 Å². The van der Waals surface area contributed by atoms with Crippen LogP contribution in [0.25, 0.3) is 0 Å². The second-order valence-corrected chi connectivity index (χ2v) is 4.52. The third-order valence-corrected chi connectivity index (χ3v) is 3.58. The Kier molecular flexibility index (Phi) is 3.05. The lowest BCUT2D eigenvalue weighted by atomic mass is 9.98. The standard InChI is InChI=1S/C11H12BrNO3/c1-16-8-3-2-7(10(12)11(8)15)6-4-9(14)13-5-6/h2-3,6,15H,4-5H2,1H3,(H,13,14). The van der Waals surface area contributed by atoms with Crippen molar-refractivity contribution < 1.29 is 14.6 Å². The predicted octanol–water partition coefficient (Wildman–Crippen LogP) is 1.77. The van der Waals surface area contributed by atoms with E-state index in [2.05, 4.69) is 21.2 Å². The van der Waals surface area contributed by atoms with Crippen molar-refractivity contribution in [2.24, 2.45) is 0 Å². The predicted molar refractivity (Wildman–Crippen MR) is 62.7 cm³/mol. The number of hydrogen-bond acceptors (Lipinski definition) is 3. The first kappa shape index (κ1) is 11.3. The molecule has 1 aliphatic heterocycles. The maximum absolute atomic E-state index is 11.1. The number of carbonyl (C=O) groups excluding carboxylic acids is 1. The van der Waals surface area contributed by atoms with Gasteiger partial charge in [0.2, 0.25) is 5.91 Å². The first-order chi connectivity index (χ1) is 7.63. The van der Waals surface area contributed by atoms with Crippen LogP contribution < -0.4 is 10.1 Å². The summed E-state index contributed by atoms with van der Waals surface area (Å²) in [5, 5.41) is 12.6. The third-order valence-electron chi connectivity index (χ3n) is 2.75. The maximum atomic E-state index is 11.1. The Balaban J connectivity index is 2.35. The van der Waals surface area contributed by atoms with E-state index in [1.165, 1.54) is 7.11 Å². The molecule has 4 nitrogen and oxygen atoms in total. The second-order valence-electron chi connectivity index (χ2n) is 3.72. The topological polar surface area (TPSA) is 58.6 Å². The van der Waals surface area contributed by atoms with Gasteiger partial charge in [-0.15, -0.1) is 0 Å². The van der Waals surface area contributed by atoms with Crippen LogP contribution in [0.5, 0.6) is 11.5 Å². The van der Waals surface area contributed by atoms with Crippen LogP contribution in [-0.2, 0) is 4.79 Å². The summed E-state index contributed by atoms with van der Waals surface area (Å²) >= 11 is 3.33. The van der Waals surface area contributed by atoms with E-state index in [9.17, 15) is 9.90 Å². The van der Waals surface area contributed by atoms with E-state index in [0.717, 1.165) is 5.56 Å². The lowest BCUT2D eigenvalue weighted by molar-refractivity contribution is -0.119. The molecule has 1 fully saturated rings. The van der Waals surface area contributed by atoms with Gasteiger partial charge >= 0.3 is 0 Å². The highest BCUT2D eigenvalue weighted by Gasteiger charge is 2.26. The molecule has 1 aromatic carbocycles. The van der Waals surface area contributed by atoms with E-state index >= 15 is 0 Å². The molecule has 1 heterocycles. The van der Waals surface area contributed by atoms with Gasteiger partial charge in [-0.2, -0.15) is 0 Å². The minimum atomic E-state index is 0.0483. The van der Waals surface area contributed by atoms with Gasteiger partial charge in [0.15, 0.2) is 11.5 Å². The average molecular weight is 286 g/mol. The van der Waals surface area contributed by atoms with Gasteiger partial charge in [-0.05, 0) is 27.6 Å². The lowest BCUT2D eigenvalue weighted by Crippen LogP contribution is -2.13. The van der Waals surface area contributed by atoms with Crippen molar-refractivity contribution in [3.05, 3.63) is 22.2 Å². The van der Waals surface area contributed by atoms with Crippen LogP contribution in [0.2, 0.25) is 0 Å². The Morgan fingerprint density at radius 2 is 2.31 bits per heavy atom. The Hall–Kier alpha value is -1.23. The number of benzene rings is 1. The van der Waals surface area contributed by atoms with Gasteiger partial charge < -0.3 is 15.2 Å². The van der Waals surface area contributed by atoms with Crippen LogP contribution in [-0.4, -0.2) is 24.7 Å². The van der Waals surface area contributed by atoms with Crippen molar-refractivity contribution in [1.29, 1.82) is 0 Å². The number of amides is 1. The number of hydrogen-bond donors (Lipinski definition) is 2. The number of rotatable bonds is 2. The van der Waals surface area contributed by atoms with Gasteiger partial charge in [0.25, 0.3) is 0 Å². The minimum Gasteiger partial charge on any atom is -0.503 e. The molecule has 0 saturated carbocycles. The fourth-order valence-electron chi connectivity index (χ4n) is 1.87. The number of phenols is 1. The fourth-order valence-corrected chi connectivity index (χ4v) is 2.52.